The van der Waals surface area contributed by atoms with Crippen LogP contribution in [0.4, 0.5) is 4.39 Å². The zero-order chi connectivity index (χ0) is 15.6. The van der Waals surface area contributed by atoms with Gasteiger partial charge in [-0.15, -0.1) is 0 Å². The SMILES string of the molecule is CC(=Cc1ccc(F)cc1)C(=O)c1c(C)cc(C)[nH]c1=O. The van der Waals surface area contributed by atoms with Crippen molar-refractivity contribution in [1.82, 2.24) is 4.98 Å². The van der Waals surface area contributed by atoms with E-state index in [9.17, 15) is 14.0 Å². The Morgan fingerprint density at radius 1 is 1.19 bits per heavy atom. The molecule has 0 aliphatic rings. The number of aryl methyl sites for hydroxylation is 2. The second-order valence-corrected chi connectivity index (χ2v) is 5.05. The van der Waals surface area contributed by atoms with Gasteiger partial charge in [-0.05, 0) is 61.7 Å². The van der Waals surface area contributed by atoms with Gasteiger partial charge in [0.15, 0.2) is 5.78 Å². The van der Waals surface area contributed by atoms with E-state index in [0.29, 0.717) is 22.4 Å². The molecule has 0 aliphatic carbocycles. The maximum absolute atomic E-state index is 12.9. The maximum Gasteiger partial charge on any atom is 0.259 e. The van der Waals surface area contributed by atoms with Gasteiger partial charge in [0, 0.05) is 5.69 Å². The van der Waals surface area contributed by atoms with E-state index in [1.54, 1.807) is 45.0 Å². The predicted octanol–water partition coefficient (Wildman–Crippen LogP) is 3.42. The smallest absolute Gasteiger partial charge is 0.259 e. The van der Waals surface area contributed by atoms with Crippen LogP contribution in [0.15, 0.2) is 40.7 Å². The van der Waals surface area contributed by atoms with Gasteiger partial charge in [0.1, 0.15) is 5.82 Å². The first-order chi connectivity index (χ1) is 9.88. The van der Waals surface area contributed by atoms with Gasteiger partial charge in [-0.3, -0.25) is 9.59 Å². The van der Waals surface area contributed by atoms with Gasteiger partial charge in [-0.2, -0.15) is 0 Å². The van der Waals surface area contributed by atoms with E-state index in [1.807, 2.05) is 0 Å². The number of nitrogens with one attached hydrogen (secondary N) is 1. The number of hydrogen-bond acceptors (Lipinski definition) is 2. The molecule has 0 unspecified atom stereocenters. The normalized spacial score (nSPS) is 11.5. The van der Waals surface area contributed by atoms with Crippen LogP contribution in [-0.4, -0.2) is 10.8 Å². The van der Waals surface area contributed by atoms with Crippen molar-refractivity contribution in [3.8, 4) is 0 Å². The molecule has 21 heavy (non-hydrogen) atoms. The first kappa shape index (κ1) is 14.9. The van der Waals surface area contributed by atoms with Crippen LogP contribution >= 0.6 is 0 Å². The first-order valence-electron chi connectivity index (χ1n) is 6.57. The molecule has 0 saturated heterocycles. The minimum Gasteiger partial charge on any atom is -0.326 e. The second kappa shape index (κ2) is 5.87. The number of hydrogen-bond donors (Lipinski definition) is 1. The molecule has 0 bridgehead atoms. The number of Topliss-reactive ketones (excluding diaryl/α,β-unsaturated/α-hetero) is 1. The van der Waals surface area contributed by atoms with E-state index in [0.717, 1.165) is 0 Å². The molecule has 108 valence electrons. The number of allylic oxidation sites excluding steroid dienone is 1. The summed E-state index contributed by atoms with van der Waals surface area (Å²) in [5.41, 5.74) is 2.27. The summed E-state index contributed by atoms with van der Waals surface area (Å²) in [6, 6.07) is 7.58. The van der Waals surface area contributed by atoms with Crippen LogP contribution in [0.5, 0.6) is 0 Å². The standard InChI is InChI=1S/C17H16FNO2/c1-10-8-12(3)19-17(21)15(10)16(20)11(2)9-13-4-6-14(18)7-5-13/h4-9H,1-3H3,(H,19,21). The number of aromatic nitrogens is 1. The molecule has 4 heteroatoms. The number of ketones is 1. The zero-order valence-corrected chi connectivity index (χ0v) is 12.2. The summed E-state index contributed by atoms with van der Waals surface area (Å²) in [7, 11) is 0. The van der Waals surface area contributed by atoms with E-state index in [4.69, 9.17) is 0 Å². The molecule has 1 aromatic carbocycles. The summed E-state index contributed by atoms with van der Waals surface area (Å²) >= 11 is 0. The van der Waals surface area contributed by atoms with Crippen molar-refractivity contribution < 1.29 is 9.18 Å². The third-order valence-electron chi connectivity index (χ3n) is 3.20. The quantitative estimate of drug-likeness (QED) is 0.694. The molecule has 2 rings (SSSR count). The molecular weight excluding hydrogens is 269 g/mol. The topological polar surface area (TPSA) is 49.9 Å². The third-order valence-corrected chi connectivity index (χ3v) is 3.20. The van der Waals surface area contributed by atoms with Crippen molar-refractivity contribution in [2.24, 2.45) is 0 Å². The van der Waals surface area contributed by atoms with Crippen molar-refractivity contribution in [3.63, 3.8) is 0 Å². The number of carbonyl (C=O) groups excluding carboxylic acids is 1. The molecule has 1 aromatic heterocycles. The monoisotopic (exact) mass is 285 g/mol. The minimum absolute atomic E-state index is 0.150. The molecule has 0 saturated carbocycles. The Labute approximate surface area is 122 Å². The van der Waals surface area contributed by atoms with E-state index in [2.05, 4.69) is 4.98 Å². The molecule has 3 nitrogen and oxygen atoms in total. The number of pyridine rings is 1. The number of aromatic amines is 1. The van der Waals surface area contributed by atoms with Gasteiger partial charge < -0.3 is 4.98 Å². The van der Waals surface area contributed by atoms with Crippen LogP contribution in [0.2, 0.25) is 0 Å². The fraction of sp³-hybridized carbons (Fsp3) is 0.176. The Morgan fingerprint density at radius 3 is 2.38 bits per heavy atom. The predicted molar refractivity (Wildman–Crippen MR) is 80.9 cm³/mol. The molecule has 1 heterocycles. The van der Waals surface area contributed by atoms with Crippen LogP contribution < -0.4 is 5.56 Å². The first-order valence-corrected chi connectivity index (χ1v) is 6.57. The van der Waals surface area contributed by atoms with Crippen molar-refractivity contribution in [2.75, 3.05) is 0 Å². The summed E-state index contributed by atoms with van der Waals surface area (Å²) in [5, 5.41) is 0. The summed E-state index contributed by atoms with van der Waals surface area (Å²) < 4.78 is 12.9. The fourth-order valence-corrected chi connectivity index (χ4v) is 2.21. The average Bonchev–Trinajstić information content (AvgIpc) is 2.40. The fourth-order valence-electron chi connectivity index (χ4n) is 2.21. The second-order valence-electron chi connectivity index (χ2n) is 5.05. The molecule has 2 aromatic rings. The van der Waals surface area contributed by atoms with Crippen LogP contribution in [0.3, 0.4) is 0 Å². The van der Waals surface area contributed by atoms with Gasteiger partial charge in [-0.25, -0.2) is 4.39 Å². The number of benzene rings is 1. The van der Waals surface area contributed by atoms with Gasteiger partial charge in [0.25, 0.3) is 5.56 Å². The molecule has 1 N–H and O–H groups in total. The summed E-state index contributed by atoms with van der Waals surface area (Å²) in [4.78, 5) is 27.0. The summed E-state index contributed by atoms with van der Waals surface area (Å²) in [5.74, 6) is -0.653. The highest BCUT2D eigenvalue weighted by molar-refractivity contribution is 6.11. The van der Waals surface area contributed by atoms with Gasteiger partial charge in [0.2, 0.25) is 0 Å². The highest BCUT2D eigenvalue weighted by Crippen LogP contribution is 2.14. The molecule has 0 spiro atoms. The van der Waals surface area contributed by atoms with Crippen molar-refractivity contribution in [1.29, 1.82) is 0 Å². The van der Waals surface area contributed by atoms with Gasteiger partial charge in [-0.1, -0.05) is 12.1 Å². The van der Waals surface area contributed by atoms with Gasteiger partial charge in [0.05, 0.1) is 5.56 Å². The van der Waals surface area contributed by atoms with E-state index >= 15 is 0 Å². The lowest BCUT2D eigenvalue weighted by Gasteiger charge is -2.06. The highest BCUT2D eigenvalue weighted by Gasteiger charge is 2.15. The largest absolute Gasteiger partial charge is 0.326 e. The van der Waals surface area contributed by atoms with Crippen molar-refractivity contribution in [3.05, 3.63) is 74.5 Å². The summed E-state index contributed by atoms with van der Waals surface area (Å²) in [6.45, 7) is 5.15. The van der Waals surface area contributed by atoms with Gasteiger partial charge >= 0.3 is 0 Å². The number of H-pyrrole nitrogens is 1. The van der Waals surface area contributed by atoms with E-state index in [-0.39, 0.29) is 22.7 Å². The Morgan fingerprint density at radius 2 is 1.81 bits per heavy atom. The summed E-state index contributed by atoms with van der Waals surface area (Å²) in [6.07, 6.45) is 1.64. The van der Waals surface area contributed by atoms with Crippen molar-refractivity contribution >= 4 is 11.9 Å². The molecule has 0 fully saturated rings. The molecular formula is C17H16FNO2. The highest BCUT2D eigenvalue weighted by atomic mass is 19.1. The number of halogens is 1. The van der Waals surface area contributed by atoms with E-state index in [1.165, 1.54) is 12.1 Å². The molecule has 0 aliphatic heterocycles. The lowest BCUT2D eigenvalue weighted by atomic mass is 9.99. The Hall–Kier alpha value is -2.49. The lowest BCUT2D eigenvalue weighted by molar-refractivity contribution is 0.103. The average molecular weight is 285 g/mol. The lowest BCUT2D eigenvalue weighted by Crippen LogP contribution is -2.21. The number of carbonyl (C=O) groups is 1. The van der Waals surface area contributed by atoms with E-state index < -0.39 is 0 Å². The van der Waals surface area contributed by atoms with Crippen LogP contribution in [0, 0.1) is 19.7 Å². The molecule has 0 amide bonds. The Balaban J connectivity index is 2.40. The van der Waals surface area contributed by atoms with Crippen LogP contribution in [-0.2, 0) is 0 Å². The van der Waals surface area contributed by atoms with Crippen molar-refractivity contribution in [2.45, 2.75) is 20.8 Å². The third kappa shape index (κ3) is 3.34. The number of rotatable bonds is 3. The maximum atomic E-state index is 12.9. The van der Waals surface area contributed by atoms with Crippen LogP contribution in [0.1, 0.15) is 34.1 Å². The van der Waals surface area contributed by atoms with Crippen LogP contribution in [0.25, 0.3) is 6.08 Å². The zero-order valence-electron chi connectivity index (χ0n) is 12.2. The molecule has 0 radical (unpaired) electrons. The Kier molecular flexibility index (Phi) is 4.17. The Bertz CT molecular complexity index is 770. The minimum atomic E-state index is -0.385. The molecule has 0 atom stereocenters.